The van der Waals surface area contributed by atoms with E-state index in [1.54, 1.807) is 6.20 Å². The zero-order valence-electron chi connectivity index (χ0n) is 10.1. The second-order valence-corrected chi connectivity index (χ2v) is 5.05. The Bertz CT molecular complexity index is 531. The fourth-order valence-electron chi connectivity index (χ4n) is 1.94. The van der Waals surface area contributed by atoms with Crippen molar-refractivity contribution in [2.75, 3.05) is 5.73 Å². The number of rotatable bonds is 3. The Hall–Kier alpha value is -1.29. The Morgan fingerprint density at radius 2 is 2.18 bits per heavy atom. The smallest absolute Gasteiger partial charge is 0.0737 e. The monoisotopic (exact) mass is 293 g/mol. The Labute approximate surface area is 110 Å². The van der Waals surface area contributed by atoms with E-state index in [1.807, 2.05) is 10.7 Å². The average Bonchev–Trinajstić information content (AvgIpc) is 2.62. The molecule has 3 nitrogen and oxygen atoms in total. The van der Waals surface area contributed by atoms with Gasteiger partial charge < -0.3 is 5.73 Å². The van der Waals surface area contributed by atoms with E-state index >= 15 is 0 Å². The van der Waals surface area contributed by atoms with Crippen molar-refractivity contribution in [2.45, 2.75) is 26.7 Å². The third-order valence-corrected chi connectivity index (χ3v) is 3.27. The zero-order valence-corrected chi connectivity index (χ0v) is 11.7. The molecule has 0 saturated heterocycles. The average molecular weight is 294 g/mol. The number of anilines is 1. The highest BCUT2D eigenvalue weighted by atomic mass is 79.9. The van der Waals surface area contributed by atoms with E-state index in [9.17, 15) is 0 Å². The van der Waals surface area contributed by atoms with Gasteiger partial charge in [-0.15, -0.1) is 0 Å². The van der Waals surface area contributed by atoms with Crippen LogP contribution in [0.4, 0.5) is 5.69 Å². The lowest BCUT2D eigenvalue weighted by atomic mass is 10.2. The molecule has 4 heteroatoms. The molecular formula is C13H16BrN3. The predicted octanol–water partition coefficient (Wildman–Crippen LogP) is 3.48. The molecule has 0 bridgehead atoms. The minimum Gasteiger partial charge on any atom is -0.396 e. The maximum absolute atomic E-state index is 5.95. The highest BCUT2D eigenvalue weighted by Crippen LogP contribution is 2.23. The number of hydrogen-bond acceptors (Lipinski definition) is 2. The van der Waals surface area contributed by atoms with Crippen LogP contribution in [-0.4, -0.2) is 9.78 Å². The first kappa shape index (κ1) is 12.2. The molecule has 2 N–H and O–H groups in total. The Morgan fingerprint density at radius 1 is 1.41 bits per heavy atom. The molecule has 90 valence electrons. The highest BCUT2D eigenvalue weighted by molar-refractivity contribution is 9.10. The molecule has 0 atom stereocenters. The first-order valence-electron chi connectivity index (χ1n) is 5.72. The molecule has 17 heavy (non-hydrogen) atoms. The molecule has 0 spiro atoms. The second-order valence-electron chi connectivity index (χ2n) is 4.14. The molecule has 0 amide bonds. The van der Waals surface area contributed by atoms with Crippen LogP contribution in [0.15, 0.2) is 28.9 Å². The van der Waals surface area contributed by atoms with E-state index in [-0.39, 0.29) is 0 Å². The molecule has 0 unspecified atom stereocenters. The molecule has 2 rings (SSSR count). The summed E-state index contributed by atoms with van der Waals surface area (Å²) in [6.07, 6.45) is 3.74. The number of hydrogen-bond donors (Lipinski definition) is 1. The van der Waals surface area contributed by atoms with Gasteiger partial charge >= 0.3 is 0 Å². The van der Waals surface area contributed by atoms with Crippen molar-refractivity contribution in [3.63, 3.8) is 0 Å². The standard InChI is InChI=1S/C13H16BrN3/c1-3-4-13-11(15)8-16-17(13)12-6-5-10(14)7-9(12)2/h5-8H,3-4,15H2,1-2H3. The van der Waals surface area contributed by atoms with Gasteiger partial charge in [0.2, 0.25) is 0 Å². The quantitative estimate of drug-likeness (QED) is 0.942. The molecular weight excluding hydrogens is 278 g/mol. The molecule has 0 radical (unpaired) electrons. The summed E-state index contributed by atoms with van der Waals surface area (Å²) >= 11 is 3.47. The largest absolute Gasteiger partial charge is 0.396 e. The molecule has 2 aromatic rings. The highest BCUT2D eigenvalue weighted by Gasteiger charge is 2.10. The normalized spacial score (nSPS) is 10.8. The van der Waals surface area contributed by atoms with Crippen LogP contribution in [0.5, 0.6) is 0 Å². The third kappa shape index (κ3) is 2.36. The Kier molecular flexibility index (Phi) is 3.52. The summed E-state index contributed by atoms with van der Waals surface area (Å²) in [5.41, 5.74) is 10.1. The summed E-state index contributed by atoms with van der Waals surface area (Å²) in [5.74, 6) is 0. The fourth-order valence-corrected chi connectivity index (χ4v) is 2.41. The van der Waals surface area contributed by atoms with Crippen molar-refractivity contribution < 1.29 is 0 Å². The van der Waals surface area contributed by atoms with Crippen molar-refractivity contribution in [1.29, 1.82) is 0 Å². The van der Waals surface area contributed by atoms with Gasteiger partial charge in [-0.3, -0.25) is 0 Å². The van der Waals surface area contributed by atoms with E-state index in [2.05, 4.69) is 47.0 Å². The van der Waals surface area contributed by atoms with Gasteiger partial charge in [-0.05, 0) is 37.1 Å². The Morgan fingerprint density at radius 3 is 2.82 bits per heavy atom. The van der Waals surface area contributed by atoms with E-state index in [0.29, 0.717) is 0 Å². The van der Waals surface area contributed by atoms with Crippen molar-refractivity contribution in [3.8, 4) is 5.69 Å². The van der Waals surface area contributed by atoms with Crippen LogP contribution in [0.2, 0.25) is 0 Å². The van der Waals surface area contributed by atoms with E-state index in [1.165, 1.54) is 5.56 Å². The van der Waals surface area contributed by atoms with Gasteiger partial charge in [0.1, 0.15) is 0 Å². The number of nitrogen functional groups attached to an aromatic ring is 1. The first-order chi connectivity index (χ1) is 8.13. The van der Waals surface area contributed by atoms with Crippen LogP contribution < -0.4 is 5.73 Å². The number of aromatic nitrogens is 2. The SMILES string of the molecule is CCCc1c(N)cnn1-c1ccc(Br)cc1C. The van der Waals surface area contributed by atoms with Gasteiger partial charge in [0, 0.05) is 4.47 Å². The minimum atomic E-state index is 0.772. The predicted molar refractivity (Wildman–Crippen MR) is 74.4 cm³/mol. The summed E-state index contributed by atoms with van der Waals surface area (Å²) in [6, 6.07) is 6.17. The van der Waals surface area contributed by atoms with Crippen LogP contribution in [0.1, 0.15) is 24.6 Å². The molecule has 0 aliphatic carbocycles. The molecule has 1 aromatic heterocycles. The number of halogens is 1. The first-order valence-corrected chi connectivity index (χ1v) is 6.51. The number of nitrogens with two attached hydrogens (primary N) is 1. The molecule has 1 aromatic carbocycles. The lowest BCUT2D eigenvalue weighted by Crippen LogP contribution is -2.05. The second kappa shape index (κ2) is 4.92. The van der Waals surface area contributed by atoms with E-state index < -0.39 is 0 Å². The van der Waals surface area contributed by atoms with E-state index in [0.717, 1.165) is 34.4 Å². The van der Waals surface area contributed by atoms with Crippen molar-refractivity contribution in [1.82, 2.24) is 9.78 Å². The van der Waals surface area contributed by atoms with Crippen molar-refractivity contribution in [3.05, 3.63) is 40.1 Å². The summed E-state index contributed by atoms with van der Waals surface area (Å²) in [6.45, 7) is 4.22. The Balaban J connectivity index is 2.52. The molecule has 0 aliphatic heterocycles. The summed E-state index contributed by atoms with van der Waals surface area (Å²) in [7, 11) is 0. The van der Waals surface area contributed by atoms with Gasteiger partial charge in [0.15, 0.2) is 0 Å². The topological polar surface area (TPSA) is 43.8 Å². The lowest BCUT2D eigenvalue weighted by Gasteiger charge is -2.10. The minimum absolute atomic E-state index is 0.772. The fraction of sp³-hybridized carbons (Fsp3) is 0.308. The summed E-state index contributed by atoms with van der Waals surface area (Å²) in [4.78, 5) is 0. The third-order valence-electron chi connectivity index (χ3n) is 2.78. The van der Waals surface area contributed by atoms with Crippen LogP contribution in [0.25, 0.3) is 5.69 Å². The zero-order chi connectivity index (χ0) is 12.4. The van der Waals surface area contributed by atoms with Crippen LogP contribution in [0, 0.1) is 6.92 Å². The molecule has 0 aliphatic rings. The summed E-state index contributed by atoms with van der Waals surface area (Å²) < 4.78 is 3.02. The van der Waals surface area contributed by atoms with Crippen LogP contribution in [0.3, 0.4) is 0 Å². The number of benzene rings is 1. The van der Waals surface area contributed by atoms with Crippen LogP contribution >= 0.6 is 15.9 Å². The molecule has 1 heterocycles. The van der Waals surface area contributed by atoms with Gasteiger partial charge in [-0.25, -0.2) is 4.68 Å². The lowest BCUT2D eigenvalue weighted by molar-refractivity contribution is 0.772. The number of aryl methyl sites for hydroxylation is 1. The van der Waals surface area contributed by atoms with E-state index in [4.69, 9.17) is 5.73 Å². The number of nitrogens with zero attached hydrogens (tertiary/aromatic N) is 2. The molecule has 0 fully saturated rings. The van der Waals surface area contributed by atoms with Gasteiger partial charge in [0.25, 0.3) is 0 Å². The van der Waals surface area contributed by atoms with Gasteiger partial charge in [0.05, 0.1) is 23.3 Å². The maximum Gasteiger partial charge on any atom is 0.0737 e. The summed E-state index contributed by atoms with van der Waals surface area (Å²) in [5, 5.41) is 4.37. The van der Waals surface area contributed by atoms with Crippen molar-refractivity contribution in [2.24, 2.45) is 0 Å². The van der Waals surface area contributed by atoms with Crippen molar-refractivity contribution >= 4 is 21.6 Å². The van der Waals surface area contributed by atoms with Gasteiger partial charge in [-0.1, -0.05) is 29.3 Å². The van der Waals surface area contributed by atoms with Gasteiger partial charge in [-0.2, -0.15) is 5.10 Å². The molecule has 0 saturated carbocycles. The maximum atomic E-state index is 5.95. The van der Waals surface area contributed by atoms with Crippen LogP contribution in [-0.2, 0) is 6.42 Å².